The molecule has 0 aliphatic rings. The molecule has 10 nitrogen and oxygen atoms in total. The standard InChI is InChI=1S/C26H24F3N5O5S/c1-16-19(30-12-9-21(16)39-15-26(27,28)29)14-40(38)24-32-18-7-3-4-8-20(18)34(24)25(37)33(2)13-10-17-6-5-11-31-22(17)23(35)36/h3-9,11-12H,10,13-15H2,1-2H3,(H,35,36)/t40-/m1/s1. The number of hydrogen-bond acceptors (Lipinski definition) is 7. The molecular weight excluding hydrogens is 551 g/mol. The number of carboxylic acid groups (broad SMARTS) is 1. The van der Waals surface area contributed by atoms with Gasteiger partial charge in [0.1, 0.15) is 5.75 Å². The van der Waals surface area contributed by atoms with Gasteiger partial charge in [-0.3, -0.25) is 4.98 Å². The number of halogens is 3. The summed E-state index contributed by atoms with van der Waals surface area (Å²) in [7, 11) is 1.52. The number of carboxylic acids is 1. The number of aromatic carboxylic acids is 1. The molecule has 0 unspecified atom stereocenters. The fourth-order valence-electron chi connectivity index (χ4n) is 3.94. The second-order valence-electron chi connectivity index (χ2n) is 8.76. The molecule has 0 spiro atoms. The number of carbonyl (C=O) groups excluding carboxylic acids is 1. The number of carbonyl (C=O) groups is 2. The molecule has 0 aliphatic heterocycles. The summed E-state index contributed by atoms with van der Waals surface area (Å²) in [4.78, 5) is 38.8. The van der Waals surface area contributed by atoms with Crippen molar-refractivity contribution >= 4 is 34.2 Å². The van der Waals surface area contributed by atoms with Gasteiger partial charge >= 0.3 is 23.3 Å². The number of imidazole rings is 1. The van der Waals surface area contributed by atoms with Crippen molar-refractivity contribution in [3.8, 4) is 5.75 Å². The first-order valence-corrected chi connectivity index (χ1v) is 13.2. The molecular formula is C26H24F3N5O5S. The monoisotopic (exact) mass is 575 g/mol. The zero-order chi connectivity index (χ0) is 29.0. The minimum atomic E-state index is -4.53. The van der Waals surface area contributed by atoms with Gasteiger partial charge in [-0.25, -0.2) is 19.1 Å². The van der Waals surface area contributed by atoms with Crippen LogP contribution in [0.5, 0.6) is 5.75 Å². The third-order valence-electron chi connectivity index (χ3n) is 5.98. The Balaban J connectivity index is 1.59. The van der Waals surface area contributed by atoms with Gasteiger partial charge in [-0.1, -0.05) is 18.2 Å². The highest BCUT2D eigenvalue weighted by molar-refractivity contribution is 7.90. The number of benzene rings is 1. The number of alkyl halides is 3. The molecule has 0 saturated carbocycles. The minimum Gasteiger partial charge on any atom is -0.609 e. The normalized spacial score (nSPS) is 12.3. The predicted octanol–water partition coefficient (Wildman–Crippen LogP) is 4.22. The van der Waals surface area contributed by atoms with Crippen molar-refractivity contribution in [2.45, 2.75) is 30.4 Å². The van der Waals surface area contributed by atoms with E-state index >= 15 is 0 Å². The van der Waals surface area contributed by atoms with Crippen molar-refractivity contribution in [1.82, 2.24) is 24.4 Å². The van der Waals surface area contributed by atoms with E-state index in [2.05, 4.69) is 15.0 Å². The van der Waals surface area contributed by atoms with Gasteiger partial charge in [-0.15, -0.1) is 0 Å². The summed E-state index contributed by atoms with van der Waals surface area (Å²) >= 11 is -1.93. The number of para-hydroxylation sites is 2. The van der Waals surface area contributed by atoms with Gasteiger partial charge in [-0.2, -0.15) is 18.2 Å². The Morgan fingerprint density at radius 2 is 1.88 bits per heavy atom. The summed E-state index contributed by atoms with van der Waals surface area (Å²) in [6.45, 7) is 0.156. The van der Waals surface area contributed by atoms with Gasteiger partial charge in [0.25, 0.3) is 0 Å². The Hall–Kier alpha value is -4.17. The lowest BCUT2D eigenvalue weighted by atomic mass is 10.1. The molecule has 40 heavy (non-hydrogen) atoms. The van der Waals surface area contributed by atoms with E-state index in [0.717, 1.165) is 0 Å². The maximum absolute atomic E-state index is 13.6. The molecule has 1 aromatic carbocycles. The zero-order valence-corrected chi connectivity index (χ0v) is 22.2. The molecule has 4 rings (SSSR count). The van der Waals surface area contributed by atoms with Gasteiger partial charge in [0.05, 0.1) is 16.7 Å². The molecule has 0 bridgehead atoms. The molecule has 1 N–H and O–H groups in total. The number of aromatic nitrogens is 4. The van der Waals surface area contributed by atoms with Crippen molar-refractivity contribution in [3.05, 3.63) is 77.4 Å². The summed E-state index contributed by atoms with van der Waals surface area (Å²) < 4.78 is 57.5. The van der Waals surface area contributed by atoms with Crippen molar-refractivity contribution in [3.63, 3.8) is 0 Å². The number of rotatable bonds is 9. The van der Waals surface area contributed by atoms with Gasteiger partial charge in [0, 0.05) is 42.7 Å². The fraction of sp³-hybridized carbons (Fsp3) is 0.269. The summed E-state index contributed by atoms with van der Waals surface area (Å²) in [6.07, 6.45) is -1.69. The van der Waals surface area contributed by atoms with E-state index in [1.807, 2.05) is 0 Å². The number of fused-ring (bicyclic) bond motifs is 1. The third kappa shape index (κ3) is 6.51. The smallest absolute Gasteiger partial charge is 0.422 e. The molecule has 14 heteroatoms. The highest BCUT2D eigenvalue weighted by atomic mass is 32.2. The average molecular weight is 576 g/mol. The summed E-state index contributed by atoms with van der Waals surface area (Å²) in [5, 5.41) is 9.32. The van der Waals surface area contributed by atoms with Crippen LogP contribution in [0.3, 0.4) is 0 Å². The molecule has 0 saturated heterocycles. The second-order valence-corrected chi connectivity index (χ2v) is 10.1. The van der Waals surface area contributed by atoms with Crippen LogP contribution in [-0.4, -0.2) is 72.5 Å². The highest BCUT2D eigenvalue weighted by Gasteiger charge is 2.31. The van der Waals surface area contributed by atoms with E-state index < -0.39 is 36.0 Å². The van der Waals surface area contributed by atoms with E-state index in [1.54, 1.807) is 36.4 Å². The molecule has 3 aromatic heterocycles. The first kappa shape index (κ1) is 28.8. The van der Waals surface area contributed by atoms with Crippen molar-refractivity contribution in [1.29, 1.82) is 0 Å². The molecule has 1 atom stereocenters. The summed E-state index contributed by atoms with van der Waals surface area (Å²) in [5.74, 6) is -1.45. The molecule has 0 radical (unpaired) electrons. The first-order valence-electron chi connectivity index (χ1n) is 11.9. The zero-order valence-electron chi connectivity index (χ0n) is 21.4. The van der Waals surface area contributed by atoms with Crippen LogP contribution in [0.2, 0.25) is 0 Å². The molecule has 210 valence electrons. The SMILES string of the molecule is Cc1c(OCC(F)(F)F)ccnc1C[S@@+]([O-])c1nc2ccccc2n1C(=O)N(C)CCc1cccnc1C(=O)O. The van der Waals surface area contributed by atoms with E-state index in [1.165, 1.54) is 41.9 Å². The van der Waals surface area contributed by atoms with Crippen LogP contribution in [0, 0.1) is 6.92 Å². The summed E-state index contributed by atoms with van der Waals surface area (Å²) in [5.41, 5.74) is 1.68. The highest BCUT2D eigenvalue weighted by Crippen LogP contribution is 2.27. The Morgan fingerprint density at radius 3 is 2.60 bits per heavy atom. The van der Waals surface area contributed by atoms with Crippen molar-refractivity contribution in [2.75, 3.05) is 20.2 Å². The number of amides is 1. The lowest BCUT2D eigenvalue weighted by Crippen LogP contribution is -2.34. The molecule has 3 heterocycles. The maximum Gasteiger partial charge on any atom is 0.422 e. The fourth-order valence-corrected chi connectivity index (χ4v) is 5.19. The van der Waals surface area contributed by atoms with Gasteiger partial charge in [-0.05, 0) is 43.2 Å². The van der Waals surface area contributed by atoms with Crippen LogP contribution < -0.4 is 4.74 Å². The lowest BCUT2D eigenvalue weighted by Gasteiger charge is -2.20. The average Bonchev–Trinajstić information content (AvgIpc) is 3.31. The molecule has 0 aliphatic carbocycles. The van der Waals surface area contributed by atoms with E-state index in [4.69, 9.17) is 4.74 Å². The number of ether oxygens (including phenoxy) is 1. The minimum absolute atomic E-state index is 0.0419. The van der Waals surface area contributed by atoms with Crippen LogP contribution >= 0.6 is 0 Å². The van der Waals surface area contributed by atoms with E-state index in [0.29, 0.717) is 16.6 Å². The van der Waals surface area contributed by atoms with E-state index in [9.17, 15) is 32.4 Å². The molecule has 4 aromatic rings. The Morgan fingerprint density at radius 1 is 1.12 bits per heavy atom. The number of pyridine rings is 2. The second kappa shape index (κ2) is 11.9. The van der Waals surface area contributed by atoms with Gasteiger partial charge in [0.2, 0.25) is 0 Å². The number of likely N-dealkylation sites (N-methyl/N-ethyl adjacent to an activating group) is 1. The van der Waals surface area contributed by atoms with Crippen LogP contribution in [0.1, 0.15) is 27.3 Å². The topological polar surface area (TPSA) is 133 Å². The maximum atomic E-state index is 13.6. The molecule has 1 amide bonds. The van der Waals surface area contributed by atoms with Crippen LogP contribution in [0.15, 0.2) is 60.0 Å². The Bertz CT molecular complexity index is 1540. The Labute approximate surface area is 229 Å². The Kier molecular flexibility index (Phi) is 8.59. The van der Waals surface area contributed by atoms with Crippen molar-refractivity contribution < 1.29 is 37.2 Å². The van der Waals surface area contributed by atoms with Crippen LogP contribution in [-0.2, 0) is 23.3 Å². The van der Waals surface area contributed by atoms with Gasteiger partial charge < -0.3 is 19.3 Å². The predicted molar refractivity (Wildman–Crippen MR) is 139 cm³/mol. The number of hydrogen-bond donors (Lipinski definition) is 1. The van der Waals surface area contributed by atoms with Crippen LogP contribution in [0.4, 0.5) is 18.0 Å². The quantitative estimate of drug-likeness (QED) is 0.293. The first-order chi connectivity index (χ1) is 19.0. The van der Waals surface area contributed by atoms with Crippen molar-refractivity contribution in [2.24, 2.45) is 0 Å². The van der Waals surface area contributed by atoms with E-state index in [-0.39, 0.29) is 46.6 Å². The number of nitrogens with zero attached hydrogens (tertiary/aromatic N) is 5. The van der Waals surface area contributed by atoms with Gasteiger partial charge in [0.15, 0.2) is 18.1 Å². The largest absolute Gasteiger partial charge is 0.609 e. The van der Waals surface area contributed by atoms with Crippen LogP contribution in [0.25, 0.3) is 11.0 Å². The third-order valence-corrected chi connectivity index (χ3v) is 7.20. The lowest BCUT2D eigenvalue weighted by molar-refractivity contribution is -0.153. The molecule has 0 fully saturated rings. The summed E-state index contributed by atoms with van der Waals surface area (Å²) in [6, 6.07) is 10.7.